The molecule has 2 aromatic carbocycles. The summed E-state index contributed by atoms with van der Waals surface area (Å²) in [5.41, 5.74) is 3.72. The minimum Gasteiger partial charge on any atom is -0.357 e. The van der Waals surface area contributed by atoms with Gasteiger partial charge in [0.15, 0.2) is 5.66 Å². The molecule has 0 saturated heterocycles. The Hall–Kier alpha value is -1.97. The summed E-state index contributed by atoms with van der Waals surface area (Å²) < 4.78 is 1.99. The lowest BCUT2D eigenvalue weighted by molar-refractivity contribution is 0.404. The molecule has 0 fully saturated rings. The second-order valence-corrected chi connectivity index (χ2v) is 6.40. The second-order valence-electron chi connectivity index (χ2n) is 5.52. The van der Waals surface area contributed by atoms with E-state index in [0.29, 0.717) is 10.0 Å². The highest BCUT2D eigenvalue weighted by atomic mass is 35.5. The summed E-state index contributed by atoms with van der Waals surface area (Å²) in [4.78, 5) is 0. The number of fused-ring (bicyclic) bond motifs is 3. The van der Waals surface area contributed by atoms with Crippen LogP contribution in [-0.2, 0) is 5.66 Å². The minimum atomic E-state index is -0.499. The molecule has 3 aromatic rings. The van der Waals surface area contributed by atoms with E-state index < -0.39 is 5.66 Å². The molecule has 0 radical (unpaired) electrons. The van der Waals surface area contributed by atoms with Crippen molar-refractivity contribution in [2.45, 2.75) is 12.6 Å². The number of anilines is 1. The normalized spacial score (nSPS) is 19.2. The second kappa shape index (κ2) is 4.77. The molecule has 5 heteroatoms. The SMILES string of the molecule is CC1(c2ccc(Cl)cc2)Nc2cc(Cl)ccc2-c2ccnn21. The Morgan fingerprint density at radius 2 is 1.73 bits per heavy atom. The van der Waals surface area contributed by atoms with Gasteiger partial charge in [-0.1, -0.05) is 35.3 Å². The minimum absolute atomic E-state index is 0.499. The maximum absolute atomic E-state index is 6.16. The first-order valence-corrected chi connectivity index (χ1v) is 7.72. The first-order valence-electron chi connectivity index (χ1n) is 6.96. The number of hydrogen-bond donors (Lipinski definition) is 1. The highest BCUT2D eigenvalue weighted by Gasteiger charge is 2.36. The molecule has 0 bridgehead atoms. The van der Waals surface area contributed by atoms with Crippen molar-refractivity contribution in [1.82, 2.24) is 9.78 Å². The Kier molecular flexibility index (Phi) is 2.96. The van der Waals surface area contributed by atoms with Crippen LogP contribution in [0.5, 0.6) is 0 Å². The van der Waals surface area contributed by atoms with E-state index in [4.69, 9.17) is 23.2 Å². The van der Waals surface area contributed by atoms with E-state index in [2.05, 4.69) is 17.3 Å². The van der Waals surface area contributed by atoms with E-state index in [1.165, 1.54) is 0 Å². The molecule has 0 amide bonds. The van der Waals surface area contributed by atoms with Crippen LogP contribution in [0.25, 0.3) is 11.3 Å². The zero-order valence-electron chi connectivity index (χ0n) is 11.8. The lowest BCUT2D eigenvalue weighted by Gasteiger charge is -2.38. The van der Waals surface area contributed by atoms with Gasteiger partial charge in [0.2, 0.25) is 0 Å². The van der Waals surface area contributed by atoms with Gasteiger partial charge in [-0.05, 0) is 48.9 Å². The van der Waals surface area contributed by atoms with Crippen molar-refractivity contribution >= 4 is 28.9 Å². The summed E-state index contributed by atoms with van der Waals surface area (Å²) in [6.07, 6.45) is 1.81. The van der Waals surface area contributed by atoms with Gasteiger partial charge < -0.3 is 5.32 Å². The van der Waals surface area contributed by atoms with E-state index in [1.54, 1.807) is 0 Å². The Labute approximate surface area is 138 Å². The van der Waals surface area contributed by atoms with Crippen LogP contribution in [0.2, 0.25) is 10.0 Å². The van der Waals surface area contributed by atoms with Crippen LogP contribution in [0, 0.1) is 0 Å². The predicted molar refractivity (Wildman–Crippen MR) is 90.5 cm³/mol. The number of hydrogen-bond acceptors (Lipinski definition) is 2. The largest absolute Gasteiger partial charge is 0.357 e. The van der Waals surface area contributed by atoms with Crippen molar-refractivity contribution in [2.75, 3.05) is 5.32 Å². The van der Waals surface area contributed by atoms with E-state index in [9.17, 15) is 0 Å². The van der Waals surface area contributed by atoms with Gasteiger partial charge in [0, 0.05) is 27.5 Å². The predicted octanol–water partition coefficient (Wildman–Crippen LogP) is 5.00. The third-order valence-corrected chi connectivity index (χ3v) is 4.60. The van der Waals surface area contributed by atoms with Gasteiger partial charge in [-0.25, -0.2) is 4.68 Å². The summed E-state index contributed by atoms with van der Waals surface area (Å²) >= 11 is 12.2. The number of halogens is 2. The average Bonchev–Trinajstić information content (AvgIpc) is 2.98. The molecular formula is C17H13Cl2N3. The van der Waals surface area contributed by atoms with Crippen LogP contribution in [0.3, 0.4) is 0 Å². The van der Waals surface area contributed by atoms with Crippen LogP contribution in [0.15, 0.2) is 54.7 Å². The maximum Gasteiger partial charge on any atom is 0.155 e. The van der Waals surface area contributed by atoms with E-state index >= 15 is 0 Å². The molecule has 0 spiro atoms. The Morgan fingerprint density at radius 3 is 2.50 bits per heavy atom. The highest BCUT2D eigenvalue weighted by Crippen LogP contribution is 2.42. The molecular weight excluding hydrogens is 317 g/mol. The monoisotopic (exact) mass is 329 g/mol. The Balaban J connectivity index is 1.94. The van der Waals surface area contributed by atoms with Gasteiger partial charge in [-0.15, -0.1) is 0 Å². The maximum atomic E-state index is 6.16. The average molecular weight is 330 g/mol. The Bertz CT molecular complexity index is 855. The summed E-state index contributed by atoms with van der Waals surface area (Å²) in [5.74, 6) is 0. The third-order valence-electron chi connectivity index (χ3n) is 4.11. The Morgan fingerprint density at radius 1 is 1.00 bits per heavy atom. The number of nitrogens with one attached hydrogen (secondary N) is 1. The lowest BCUT2D eigenvalue weighted by atomic mass is 9.96. The summed E-state index contributed by atoms with van der Waals surface area (Å²) in [6, 6.07) is 15.7. The molecule has 110 valence electrons. The third kappa shape index (κ3) is 1.93. The van der Waals surface area contributed by atoms with Crippen molar-refractivity contribution < 1.29 is 0 Å². The summed E-state index contributed by atoms with van der Waals surface area (Å²) in [5, 5.41) is 9.50. The van der Waals surface area contributed by atoms with Crippen LogP contribution in [0.4, 0.5) is 5.69 Å². The molecule has 4 rings (SSSR count). The van der Waals surface area contributed by atoms with Crippen molar-refractivity contribution in [3.05, 3.63) is 70.3 Å². The van der Waals surface area contributed by atoms with E-state index in [1.807, 2.05) is 59.4 Å². The van der Waals surface area contributed by atoms with Crippen LogP contribution in [-0.4, -0.2) is 9.78 Å². The molecule has 1 unspecified atom stereocenters. The number of rotatable bonds is 1. The molecule has 1 N–H and O–H groups in total. The van der Waals surface area contributed by atoms with Gasteiger partial charge in [0.1, 0.15) is 0 Å². The first kappa shape index (κ1) is 13.7. The first-order chi connectivity index (χ1) is 10.6. The van der Waals surface area contributed by atoms with Crippen molar-refractivity contribution in [1.29, 1.82) is 0 Å². The molecule has 3 nitrogen and oxygen atoms in total. The van der Waals surface area contributed by atoms with Gasteiger partial charge in [0.25, 0.3) is 0 Å². The fourth-order valence-corrected chi connectivity index (χ4v) is 3.29. The van der Waals surface area contributed by atoms with Gasteiger partial charge in [0.05, 0.1) is 5.69 Å². The van der Waals surface area contributed by atoms with Gasteiger partial charge >= 0.3 is 0 Å². The fourth-order valence-electron chi connectivity index (χ4n) is 2.99. The topological polar surface area (TPSA) is 29.9 Å². The van der Waals surface area contributed by atoms with E-state index in [0.717, 1.165) is 22.5 Å². The zero-order chi connectivity index (χ0) is 15.3. The molecule has 1 atom stereocenters. The van der Waals surface area contributed by atoms with Gasteiger partial charge in [-0.2, -0.15) is 5.10 Å². The lowest BCUT2D eigenvalue weighted by Crippen LogP contribution is -2.43. The molecule has 1 aromatic heterocycles. The van der Waals surface area contributed by atoms with Crippen molar-refractivity contribution in [2.24, 2.45) is 0 Å². The molecule has 2 heterocycles. The quantitative estimate of drug-likeness (QED) is 0.680. The number of aromatic nitrogens is 2. The van der Waals surface area contributed by atoms with Crippen LogP contribution < -0.4 is 5.32 Å². The molecule has 0 aliphatic carbocycles. The fraction of sp³-hybridized carbons (Fsp3) is 0.118. The smallest absolute Gasteiger partial charge is 0.155 e. The van der Waals surface area contributed by atoms with E-state index in [-0.39, 0.29) is 0 Å². The molecule has 0 saturated carbocycles. The highest BCUT2D eigenvalue weighted by molar-refractivity contribution is 6.31. The van der Waals surface area contributed by atoms with Crippen LogP contribution in [0.1, 0.15) is 12.5 Å². The molecule has 1 aliphatic rings. The summed E-state index contributed by atoms with van der Waals surface area (Å²) in [7, 11) is 0. The van der Waals surface area contributed by atoms with Crippen LogP contribution >= 0.6 is 23.2 Å². The standard InChI is InChI=1S/C17H13Cl2N3/c1-17(11-2-4-12(18)5-3-11)21-15-10-13(19)6-7-14(15)16-8-9-20-22(16)17/h2-10,21H,1H3. The van der Waals surface area contributed by atoms with Crippen molar-refractivity contribution in [3.63, 3.8) is 0 Å². The molecule has 1 aliphatic heterocycles. The van der Waals surface area contributed by atoms with Gasteiger partial charge in [-0.3, -0.25) is 0 Å². The molecule has 22 heavy (non-hydrogen) atoms. The number of benzene rings is 2. The summed E-state index contributed by atoms with van der Waals surface area (Å²) in [6.45, 7) is 2.09. The zero-order valence-corrected chi connectivity index (χ0v) is 13.4. The number of nitrogens with zero attached hydrogens (tertiary/aromatic N) is 2. The van der Waals surface area contributed by atoms with Crippen molar-refractivity contribution in [3.8, 4) is 11.3 Å².